The summed E-state index contributed by atoms with van der Waals surface area (Å²) in [6.45, 7) is 1.56. The number of rotatable bonds is 4. The first kappa shape index (κ1) is 13.4. The van der Waals surface area contributed by atoms with Crippen LogP contribution in [0.25, 0.3) is 0 Å². The molecule has 3 atom stereocenters. The van der Waals surface area contributed by atoms with Crippen LogP contribution in [0.2, 0.25) is 0 Å². The van der Waals surface area contributed by atoms with E-state index in [0.717, 1.165) is 30.8 Å². The van der Waals surface area contributed by atoms with E-state index in [2.05, 4.69) is 0 Å². The summed E-state index contributed by atoms with van der Waals surface area (Å²) >= 11 is 0. The summed E-state index contributed by atoms with van der Waals surface area (Å²) in [4.78, 5) is 14.2. The average Bonchev–Trinajstić information content (AvgIpc) is 2.82. The number of carbonyl (C=O) groups is 1. The highest BCUT2D eigenvalue weighted by Crippen LogP contribution is 2.40. The Bertz CT molecular complexity index is 502. The number of nitrogens with zero attached hydrogens (tertiary/aromatic N) is 1. The highest BCUT2D eigenvalue weighted by Gasteiger charge is 2.47. The molecule has 1 saturated carbocycles. The number of methoxy groups -OCH3 is 1. The second-order valence-electron chi connectivity index (χ2n) is 5.84. The maximum absolute atomic E-state index is 12.2. The quantitative estimate of drug-likeness (QED) is 0.905. The number of amides is 1. The number of hydrogen-bond donors (Lipinski definition) is 1. The van der Waals surface area contributed by atoms with E-state index in [9.17, 15) is 9.90 Å². The van der Waals surface area contributed by atoms with Gasteiger partial charge in [0.15, 0.2) is 0 Å². The van der Waals surface area contributed by atoms with Gasteiger partial charge in [0.25, 0.3) is 0 Å². The molecule has 1 aliphatic heterocycles. The van der Waals surface area contributed by atoms with Crippen molar-refractivity contribution in [3.63, 3.8) is 0 Å². The number of aryl methyl sites for hydroxylation is 1. The van der Waals surface area contributed by atoms with Crippen molar-refractivity contribution < 1.29 is 14.6 Å². The summed E-state index contributed by atoms with van der Waals surface area (Å²) in [6.07, 6.45) is 1.89. The Kier molecular flexibility index (Phi) is 3.66. The lowest BCUT2D eigenvalue weighted by molar-refractivity contribution is -0.130. The predicted molar refractivity (Wildman–Crippen MR) is 75.5 cm³/mol. The van der Waals surface area contributed by atoms with Gasteiger partial charge in [0.2, 0.25) is 5.91 Å². The van der Waals surface area contributed by atoms with Gasteiger partial charge in [-0.3, -0.25) is 4.79 Å². The molecule has 2 aliphatic rings. The first-order valence-corrected chi connectivity index (χ1v) is 7.26. The third kappa shape index (κ3) is 2.40. The van der Waals surface area contributed by atoms with Gasteiger partial charge in [-0.2, -0.15) is 0 Å². The topological polar surface area (TPSA) is 49.8 Å². The number of ether oxygens (including phenoxy) is 1. The summed E-state index contributed by atoms with van der Waals surface area (Å²) in [5.41, 5.74) is 1.07. The molecular formula is C16H21NO3. The first-order chi connectivity index (χ1) is 9.69. The number of hydrogen-bond acceptors (Lipinski definition) is 3. The molecule has 3 rings (SSSR count). The van der Waals surface area contributed by atoms with Gasteiger partial charge in [0.1, 0.15) is 5.75 Å². The average molecular weight is 275 g/mol. The van der Waals surface area contributed by atoms with E-state index in [4.69, 9.17) is 4.74 Å². The molecule has 1 heterocycles. The zero-order valence-electron chi connectivity index (χ0n) is 11.8. The van der Waals surface area contributed by atoms with Crippen LogP contribution in [-0.4, -0.2) is 42.2 Å². The van der Waals surface area contributed by atoms with Crippen molar-refractivity contribution in [3.8, 4) is 5.75 Å². The molecule has 1 saturated heterocycles. The lowest BCUT2D eigenvalue weighted by Crippen LogP contribution is -2.39. The number of benzene rings is 1. The predicted octanol–water partition coefficient (Wildman–Crippen LogP) is 1.47. The van der Waals surface area contributed by atoms with Gasteiger partial charge < -0.3 is 14.7 Å². The minimum atomic E-state index is -0.188. The van der Waals surface area contributed by atoms with Crippen LogP contribution in [0.5, 0.6) is 5.75 Å². The molecule has 0 radical (unpaired) electrons. The maximum Gasteiger partial charge on any atom is 0.222 e. The fourth-order valence-corrected chi connectivity index (χ4v) is 3.38. The Morgan fingerprint density at radius 3 is 2.90 bits per heavy atom. The van der Waals surface area contributed by atoms with Crippen LogP contribution >= 0.6 is 0 Å². The molecule has 1 amide bonds. The van der Waals surface area contributed by atoms with E-state index in [0.29, 0.717) is 24.7 Å². The largest absolute Gasteiger partial charge is 0.496 e. The molecule has 1 N–H and O–H groups in total. The van der Waals surface area contributed by atoms with E-state index in [-0.39, 0.29) is 12.0 Å². The second kappa shape index (κ2) is 5.44. The van der Waals surface area contributed by atoms with Crippen LogP contribution in [0.1, 0.15) is 18.4 Å². The Hall–Kier alpha value is -1.55. The van der Waals surface area contributed by atoms with Gasteiger partial charge in [0.05, 0.1) is 13.2 Å². The summed E-state index contributed by atoms with van der Waals surface area (Å²) in [6, 6.07) is 7.83. The zero-order chi connectivity index (χ0) is 14.1. The van der Waals surface area contributed by atoms with Crippen molar-refractivity contribution in [2.24, 2.45) is 11.8 Å². The van der Waals surface area contributed by atoms with Crippen molar-refractivity contribution >= 4 is 5.91 Å². The molecule has 0 unspecified atom stereocenters. The molecular weight excluding hydrogens is 254 g/mol. The highest BCUT2D eigenvalue weighted by atomic mass is 16.5. The molecule has 0 bridgehead atoms. The molecule has 20 heavy (non-hydrogen) atoms. The van der Waals surface area contributed by atoms with Gasteiger partial charge in [-0.1, -0.05) is 18.2 Å². The Balaban J connectivity index is 1.55. The molecule has 0 aromatic heterocycles. The lowest BCUT2D eigenvalue weighted by Gasteiger charge is -2.34. The Morgan fingerprint density at radius 2 is 2.20 bits per heavy atom. The summed E-state index contributed by atoms with van der Waals surface area (Å²) in [5, 5.41) is 9.64. The third-order valence-electron chi connectivity index (χ3n) is 4.68. The number of carbonyl (C=O) groups excluding carboxylic acids is 1. The number of aliphatic hydroxyl groups is 1. The van der Waals surface area contributed by atoms with E-state index < -0.39 is 0 Å². The summed E-state index contributed by atoms with van der Waals surface area (Å²) in [5.74, 6) is 1.89. The van der Waals surface area contributed by atoms with Crippen LogP contribution in [0.15, 0.2) is 24.3 Å². The van der Waals surface area contributed by atoms with Crippen LogP contribution in [0.4, 0.5) is 0 Å². The standard InChI is InChI=1S/C16H21NO3/c1-20-15-5-3-2-4-11(15)6-7-16(19)17-9-12-8-14(18)13(12)10-17/h2-5,12-14,18H,6-10H2,1H3/t12-,13+,14-/m0/s1. The molecule has 1 aliphatic carbocycles. The van der Waals surface area contributed by atoms with Crippen molar-refractivity contribution in [2.45, 2.75) is 25.4 Å². The van der Waals surface area contributed by atoms with Gasteiger partial charge in [-0.05, 0) is 30.4 Å². The van der Waals surface area contributed by atoms with Crippen molar-refractivity contribution in [1.29, 1.82) is 0 Å². The normalized spacial score (nSPS) is 27.9. The van der Waals surface area contributed by atoms with E-state index in [1.54, 1.807) is 7.11 Å². The molecule has 4 nitrogen and oxygen atoms in total. The zero-order valence-corrected chi connectivity index (χ0v) is 11.8. The van der Waals surface area contributed by atoms with Crippen LogP contribution in [-0.2, 0) is 11.2 Å². The Morgan fingerprint density at radius 1 is 1.40 bits per heavy atom. The fraction of sp³-hybridized carbons (Fsp3) is 0.562. The third-order valence-corrected chi connectivity index (χ3v) is 4.68. The molecule has 1 aromatic rings. The molecule has 4 heteroatoms. The van der Waals surface area contributed by atoms with E-state index in [1.807, 2.05) is 29.2 Å². The van der Waals surface area contributed by atoms with E-state index in [1.165, 1.54) is 0 Å². The number of fused-ring (bicyclic) bond motifs is 1. The van der Waals surface area contributed by atoms with Crippen LogP contribution in [0.3, 0.4) is 0 Å². The van der Waals surface area contributed by atoms with Crippen LogP contribution in [0, 0.1) is 11.8 Å². The van der Waals surface area contributed by atoms with E-state index >= 15 is 0 Å². The maximum atomic E-state index is 12.2. The number of likely N-dealkylation sites (tertiary alicyclic amines) is 1. The Labute approximate surface area is 119 Å². The van der Waals surface area contributed by atoms with Gasteiger partial charge in [-0.15, -0.1) is 0 Å². The molecule has 0 spiro atoms. The minimum absolute atomic E-state index is 0.188. The first-order valence-electron chi connectivity index (χ1n) is 7.26. The smallest absolute Gasteiger partial charge is 0.222 e. The SMILES string of the molecule is COc1ccccc1CCC(=O)N1C[C@@H]2C[C@H](O)[C@@H]2C1. The number of para-hydroxylation sites is 1. The molecule has 108 valence electrons. The van der Waals surface area contributed by atoms with Crippen LogP contribution < -0.4 is 4.74 Å². The lowest BCUT2D eigenvalue weighted by atomic mass is 9.74. The number of aliphatic hydroxyl groups excluding tert-OH is 1. The van der Waals surface area contributed by atoms with Gasteiger partial charge in [-0.25, -0.2) is 0 Å². The summed E-state index contributed by atoms with van der Waals surface area (Å²) < 4.78 is 5.30. The molecule has 1 aromatic carbocycles. The van der Waals surface area contributed by atoms with Crippen molar-refractivity contribution in [3.05, 3.63) is 29.8 Å². The second-order valence-corrected chi connectivity index (χ2v) is 5.84. The highest BCUT2D eigenvalue weighted by molar-refractivity contribution is 5.77. The van der Waals surface area contributed by atoms with Crippen molar-refractivity contribution in [2.75, 3.05) is 20.2 Å². The minimum Gasteiger partial charge on any atom is -0.496 e. The fourth-order valence-electron chi connectivity index (χ4n) is 3.38. The van der Waals surface area contributed by atoms with Gasteiger partial charge in [0, 0.05) is 25.4 Å². The van der Waals surface area contributed by atoms with Crippen molar-refractivity contribution in [1.82, 2.24) is 4.90 Å². The summed E-state index contributed by atoms with van der Waals surface area (Å²) in [7, 11) is 1.65. The monoisotopic (exact) mass is 275 g/mol. The van der Waals surface area contributed by atoms with Gasteiger partial charge >= 0.3 is 0 Å². The molecule has 2 fully saturated rings.